The minimum atomic E-state index is -1.01. The van der Waals surface area contributed by atoms with Crippen LogP contribution in [0.25, 0.3) is 0 Å². The van der Waals surface area contributed by atoms with Crippen molar-refractivity contribution in [3.05, 3.63) is 35.4 Å². The first-order chi connectivity index (χ1) is 15.4. The Morgan fingerprint density at radius 2 is 1.81 bits per heavy atom. The highest BCUT2D eigenvalue weighted by Crippen LogP contribution is 2.29. The van der Waals surface area contributed by atoms with Crippen molar-refractivity contribution < 1.29 is 24.7 Å². The van der Waals surface area contributed by atoms with Gasteiger partial charge in [-0.1, -0.05) is 48.7 Å². The fraction of sp³-hybridized carbons (Fsp3) is 0.545. The number of carboxylic acid groups (broad SMARTS) is 1. The normalized spacial score (nSPS) is 20.3. The second kappa shape index (κ2) is 10.9. The molecular weight excluding hydrogens is 414 g/mol. The summed E-state index contributed by atoms with van der Waals surface area (Å²) in [5.41, 5.74) is 6.96. The zero-order valence-corrected chi connectivity index (χ0v) is 18.0. The van der Waals surface area contributed by atoms with Gasteiger partial charge < -0.3 is 26.3 Å². The lowest BCUT2D eigenvalue weighted by Gasteiger charge is -2.43. The number of carbonyl (C=O) groups excluding carboxylic acids is 2. The van der Waals surface area contributed by atoms with Gasteiger partial charge in [0.05, 0.1) is 12.6 Å². The van der Waals surface area contributed by atoms with E-state index in [-0.39, 0.29) is 36.7 Å². The Balaban J connectivity index is 1.58. The van der Waals surface area contributed by atoms with Crippen LogP contribution in [0.3, 0.4) is 0 Å². The van der Waals surface area contributed by atoms with Gasteiger partial charge in [0.15, 0.2) is 5.84 Å². The van der Waals surface area contributed by atoms with Crippen LogP contribution in [0.4, 0.5) is 0 Å². The number of nitrogens with zero attached hydrogens (tertiary/aromatic N) is 2. The highest BCUT2D eigenvalue weighted by Gasteiger charge is 2.42. The molecule has 174 valence electrons. The van der Waals surface area contributed by atoms with Gasteiger partial charge in [0.1, 0.15) is 6.04 Å². The molecule has 1 saturated heterocycles. The van der Waals surface area contributed by atoms with E-state index < -0.39 is 18.1 Å². The van der Waals surface area contributed by atoms with Crippen LogP contribution in [0, 0.1) is 5.92 Å². The first-order valence-corrected chi connectivity index (χ1v) is 11.0. The van der Waals surface area contributed by atoms with Gasteiger partial charge in [0.25, 0.3) is 0 Å². The second-order valence-corrected chi connectivity index (χ2v) is 8.39. The largest absolute Gasteiger partial charge is 0.480 e. The maximum absolute atomic E-state index is 13.2. The number of aliphatic carboxylic acids is 1. The lowest BCUT2D eigenvalue weighted by molar-refractivity contribution is -0.150. The Bertz CT molecular complexity index is 851. The molecule has 0 aromatic heterocycles. The van der Waals surface area contributed by atoms with Gasteiger partial charge in [-0.3, -0.25) is 19.7 Å². The van der Waals surface area contributed by atoms with E-state index in [0.29, 0.717) is 18.5 Å². The molecule has 1 aromatic rings. The van der Waals surface area contributed by atoms with E-state index in [9.17, 15) is 14.4 Å². The third kappa shape index (κ3) is 5.76. The fourth-order valence-corrected chi connectivity index (χ4v) is 4.38. The van der Waals surface area contributed by atoms with Crippen molar-refractivity contribution in [1.29, 1.82) is 0 Å². The molecule has 1 aliphatic carbocycles. The van der Waals surface area contributed by atoms with Crippen LogP contribution in [0.15, 0.2) is 29.4 Å². The van der Waals surface area contributed by atoms with Gasteiger partial charge in [-0.05, 0) is 30.7 Å². The Hall–Kier alpha value is -3.14. The van der Waals surface area contributed by atoms with Crippen LogP contribution in [0.5, 0.6) is 0 Å². The smallest absolute Gasteiger partial charge is 0.317 e. The molecule has 0 bridgehead atoms. The van der Waals surface area contributed by atoms with Gasteiger partial charge in [0, 0.05) is 18.7 Å². The number of likely N-dealkylation sites (tertiary alicyclic amines) is 1. The molecule has 0 radical (unpaired) electrons. The average Bonchev–Trinajstić information content (AvgIpc) is 2.77. The zero-order chi connectivity index (χ0) is 23.1. The van der Waals surface area contributed by atoms with E-state index >= 15 is 0 Å². The molecule has 2 fully saturated rings. The van der Waals surface area contributed by atoms with Crippen LogP contribution >= 0.6 is 0 Å². The predicted molar refractivity (Wildman–Crippen MR) is 117 cm³/mol. The second-order valence-electron chi connectivity index (χ2n) is 8.39. The van der Waals surface area contributed by atoms with E-state index in [2.05, 4.69) is 15.8 Å². The van der Waals surface area contributed by atoms with Crippen molar-refractivity contribution in [1.82, 2.24) is 15.5 Å². The van der Waals surface area contributed by atoms with Crippen molar-refractivity contribution in [2.24, 2.45) is 16.8 Å². The first kappa shape index (κ1) is 23.5. The van der Waals surface area contributed by atoms with E-state index in [1.807, 2.05) is 0 Å². The maximum Gasteiger partial charge on any atom is 0.317 e. The molecule has 2 aliphatic rings. The van der Waals surface area contributed by atoms with E-state index in [0.717, 1.165) is 37.7 Å². The number of benzene rings is 1. The Labute approximate surface area is 186 Å². The molecule has 32 heavy (non-hydrogen) atoms. The van der Waals surface area contributed by atoms with E-state index in [1.54, 1.807) is 29.2 Å². The number of hydrogen-bond acceptors (Lipinski definition) is 6. The van der Waals surface area contributed by atoms with Gasteiger partial charge in [0.2, 0.25) is 11.8 Å². The number of amidine groups is 1. The summed E-state index contributed by atoms with van der Waals surface area (Å²) >= 11 is 0. The van der Waals surface area contributed by atoms with Crippen LogP contribution in [-0.4, -0.2) is 64.0 Å². The molecular formula is C22H31N5O5. The molecule has 1 heterocycles. The summed E-state index contributed by atoms with van der Waals surface area (Å²) in [6.07, 6.45) is 5.54. The van der Waals surface area contributed by atoms with Crippen molar-refractivity contribution in [2.75, 3.05) is 13.1 Å². The standard InChI is InChI=1S/C22H31N5O5/c23-20(26-32)16-8-6-14(7-9-16)12-25-21(30)17-10-11-27(17)22(31)19(24-13-18(28)29)15-4-2-1-3-5-15/h6-9,15,17,19,24,32H,1-5,10-13H2,(H2,23,26)(H,25,30)(H,28,29)/t17-,19+/m0/s1. The minimum absolute atomic E-state index is 0.00763. The van der Waals surface area contributed by atoms with Crippen molar-refractivity contribution in [3.8, 4) is 0 Å². The summed E-state index contributed by atoms with van der Waals surface area (Å²) < 4.78 is 0. The molecule has 3 rings (SSSR count). The molecule has 2 amide bonds. The van der Waals surface area contributed by atoms with E-state index in [4.69, 9.17) is 16.0 Å². The summed E-state index contributed by atoms with van der Waals surface area (Å²) in [7, 11) is 0. The predicted octanol–water partition coefficient (Wildman–Crippen LogP) is 0.621. The average molecular weight is 446 g/mol. The number of oxime groups is 1. The van der Waals surface area contributed by atoms with Gasteiger partial charge in [-0.2, -0.15) is 0 Å². The molecule has 1 aromatic carbocycles. The van der Waals surface area contributed by atoms with Crippen LogP contribution in [-0.2, 0) is 20.9 Å². The van der Waals surface area contributed by atoms with Crippen molar-refractivity contribution in [3.63, 3.8) is 0 Å². The summed E-state index contributed by atoms with van der Waals surface area (Å²) in [6.45, 7) is 0.500. The minimum Gasteiger partial charge on any atom is -0.480 e. The monoisotopic (exact) mass is 445 g/mol. The number of rotatable bonds is 9. The Morgan fingerprint density at radius 3 is 2.38 bits per heavy atom. The summed E-state index contributed by atoms with van der Waals surface area (Å²) in [6, 6.07) is 5.81. The number of amides is 2. The maximum atomic E-state index is 13.2. The number of nitrogens with two attached hydrogens (primary N) is 1. The molecule has 0 spiro atoms. The zero-order valence-electron chi connectivity index (χ0n) is 18.0. The number of hydrogen-bond donors (Lipinski definition) is 5. The molecule has 10 heteroatoms. The van der Waals surface area contributed by atoms with Gasteiger partial charge in [-0.15, -0.1) is 0 Å². The molecule has 6 N–H and O–H groups in total. The highest BCUT2D eigenvalue weighted by molar-refractivity contribution is 5.97. The van der Waals surface area contributed by atoms with Crippen molar-refractivity contribution in [2.45, 2.75) is 57.2 Å². The molecule has 2 atom stereocenters. The number of nitrogens with one attached hydrogen (secondary N) is 2. The third-order valence-electron chi connectivity index (χ3n) is 6.29. The Morgan fingerprint density at radius 1 is 1.12 bits per heavy atom. The molecule has 1 saturated carbocycles. The molecule has 0 unspecified atom stereocenters. The quantitative estimate of drug-likeness (QED) is 0.161. The van der Waals surface area contributed by atoms with Gasteiger partial charge in [-0.25, -0.2) is 0 Å². The van der Waals surface area contributed by atoms with Gasteiger partial charge >= 0.3 is 5.97 Å². The lowest BCUT2D eigenvalue weighted by Crippen LogP contribution is -2.63. The summed E-state index contributed by atoms with van der Waals surface area (Å²) in [5, 5.41) is 26.5. The third-order valence-corrected chi connectivity index (χ3v) is 6.29. The topological polar surface area (TPSA) is 157 Å². The van der Waals surface area contributed by atoms with Crippen LogP contribution in [0.2, 0.25) is 0 Å². The fourth-order valence-electron chi connectivity index (χ4n) is 4.38. The molecule has 10 nitrogen and oxygen atoms in total. The van der Waals surface area contributed by atoms with Crippen molar-refractivity contribution >= 4 is 23.6 Å². The summed E-state index contributed by atoms with van der Waals surface area (Å²) in [5.74, 6) is -1.32. The highest BCUT2D eigenvalue weighted by atomic mass is 16.4. The molecule has 1 aliphatic heterocycles. The lowest BCUT2D eigenvalue weighted by atomic mass is 9.82. The van der Waals surface area contributed by atoms with Crippen LogP contribution < -0.4 is 16.4 Å². The van der Waals surface area contributed by atoms with E-state index in [1.165, 1.54) is 0 Å². The summed E-state index contributed by atoms with van der Waals surface area (Å²) in [4.78, 5) is 38.5. The Kier molecular flexibility index (Phi) is 8.04. The SMILES string of the molecule is N/C(=N\O)c1ccc(CNC(=O)[C@@H]2CCN2C(=O)[C@H](NCC(=O)O)C2CCCCC2)cc1. The van der Waals surface area contributed by atoms with Crippen LogP contribution in [0.1, 0.15) is 49.7 Å². The first-order valence-electron chi connectivity index (χ1n) is 11.0. The number of carboxylic acids is 1. The number of carbonyl (C=O) groups is 3.